The summed E-state index contributed by atoms with van der Waals surface area (Å²) in [7, 11) is 0. The van der Waals surface area contributed by atoms with E-state index in [1.165, 1.54) is 17.1 Å². The molecule has 1 spiro atoms. The Bertz CT molecular complexity index is 1080. The second-order valence-electron chi connectivity index (χ2n) is 8.24. The summed E-state index contributed by atoms with van der Waals surface area (Å²) in [4.78, 5) is 14.9. The van der Waals surface area contributed by atoms with Crippen molar-refractivity contribution in [3.8, 4) is 11.4 Å². The number of rotatable bonds is 5. The summed E-state index contributed by atoms with van der Waals surface area (Å²) < 4.78 is 7.92. The van der Waals surface area contributed by atoms with Crippen LogP contribution in [0.1, 0.15) is 25.5 Å². The van der Waals surface area contributed by atoms with Crippen LogP contribution >= 0.6 is 0 Å². The van der Waals surface area contributed by atoms with Gasteiger partial charge < -0.3 is 19.9 Å². The quantitative estimate of drug-likeness (QED) is 0.654. The summed E-state index contributed by atoms with van der Waals surface area (Å²) in [5.41, 5.74) is 4.31. The third-order valence-electron chi connectivity index (χ3n) is 6.31. The first-order chi connectivity index (χ1) is 15.2. The van der Waals surface area contributed by atoms with E-state index in [2.05, 4.69) is 62.7 Å². The third-order valence-corrected chi connectivity index (χ3v) is 6.31. The Morgan fingerprint density at radius 3 is 2.68 bits per heavy atom. The van der Waals surface area contributed by atoms with Crippen LogP contribution in [-0.2, 0) is 10.3 Å². The molecule has 0 saturated carbocycles. The Hall–Kier alpha value is -3.25. The number of aromatic nitrogens is 1. The summed E-state index contributed by atoms with van der Waals surface area (Å²) in [6.07, 6.45) is 4.05. The average molecular weight is 417 g/mol. The lowest BCUT2D eigenvalue weighted by molar-refractivity contribution is -0.117. The highest BCUT2D eigenvalue weighted by Crippen LogP contribution is 2.43. The zero-order valence-corrected chi connectivity index (χ0v) is 17.8. The van der Waals surface area contributed by atoms with Crippen molar-refractivity contribution in [2.24, 2.45) is 0 Å². The van der Waals surface area contributed by atoms with Gasteiger partial charge in [-0.1, -0.05) is 24.3 Å². The number of hydrogen-bond donors (Lipinski definition) is 2. The Morgan fingerprint density at radius 2 is 1.84 bits per heavy atom. The number of ether oxygens (including phenoxy) is 1. The van der Waals surface area contributed by atoms with Crippen LogP contribution in [-0.4, -0.2) is 41.6 Å². The molecule has 6 nitrogen and oxygen atoms in total. The van der Waals surface area contributed by atoms with Gasteiger partial charge in [0.05, 0.1) is 35.8 Å². The highest BCUT2D eigenvalue weighted by atomic mass is 16.5. The van der Waals surface area contributed by atoms with Crippen LogP contribution in [0.4, 0.5) is 11.4 Å². The van der Waals surface area contributed by atoms with Crippen molar-refractivity contribution in [3.63, 3.8) is 0 Å². The van der Waals surface area contributed by atoms with E-state index in [1.807, 2.05) is 31.2 Å². The van der Waals surface area contributed by atoms with Crippen molar-refractivity contribution in [2.45, 2.75) is 25.3 Å². The predicted molar refractivity (Wildman–Crippen MR) is 123 cm³/mol. The third kappa shape index (κ3) is 3.68. The van der Waals surface area contributed by atoms with Crippen LogP contribution in [0, 0.1) is 0 Å². The van der Waals surface area contributed by atoms with Crippen LogP contribution < -0.4 is 15.4 Å². The Balaban J connectivity index is 1.25. The number of piperidine rings is 1. The van der Waals surface area contributed by atoms with Crippen molar-refractivity contribution in [1.29, 1.82) is 0 Å². The first-order valence-electron chi connectivity index (χ1n) is 11.0. The molecule has 0 unspecified atom stereocenters. The molecule has 3 aromatic rings. The Labute approximate surface area is 182 Å². The van der Waals surface area contributed by atoms with E-state index in [1.54, 1.807) is 0 Å². The van der Waals surface area contributed by atoms with E-state index in [9.17, 15) is 4.79 Å². The number of anilines is 2. The number of nitrogens with zero attached hydrogens (tertiary/aromatic N) is 2. The number of para-hydroxylation sites is 4. The van der Waals surface area contributed by atoms with E-state index < -0.39 is 0 Å². The molecule has 0 bridgehead atoms. The van der Waals surface area contributed by atoms with E-state index in [4.69, 9.17) is 4.74 Å². The lowest BCUT2D eigenvalue weighted by Crippen LogP contribution is -2.50. The van der Waals surface area contributed by atoms with Crippen molar-refractivity contribution in [3.05, 3.63) is 72.6 Å². The van der Waals surface area contributed by atoms with E-state index >= 15 is 0 Å². The molecule has 1 aromatic heterocycles. The topological polar surface area (TPSA) is 58.5 Å². The molecule has 0 atom stereocenters. The first-order valence-corrected chi connectivity index (χ1v) is 11.0. The lowest BCUT2D eigenvalue weighted by Gasteiger charge is -2.46. The number of benzene rings is 2. The van der Waals surface area contributed by atoms with Crippen molar-refractivity contribution < 1.29 is 9.53 Å². The van der Waals surface area contributed by atoms with Gasteiger partial charge in [-0.15, -0.1) is 0 Å². The number of likely N-dealkylation sites (tertiary alicyclic amines) is 1. The van der Waals surface area contributed by atoms with E-state index in [0.717, 1.165) is 31.6 Å². The molecule has 0 radical (unpaired) electrons. The molecule has 1 saturated heterocycles. The molecule has 1 amide bonds. The van der Waals surface area contributed by atoms with Crippen LogP contribution in [0.2, 0.25) is 0 Å². The molecule has 6 heteroatoms. The standard InChI is InChI=1S/C25H28N4O2/c1-2-31-22-11-6-4-9-20(22)26-24(30)18-28-16-13-25(14-17-28)23-12-7-15-29(23)21-10-5-3-8-19(21)27-25/h3-12,15,27H,2,13-14,16-18H2,1H3,(H,26,30). The molecule has 31 heavy (non-hydrogen) atoms. The van der Waals surface area contributed by atoms with Gasteiger partial charge in [0.15, 0.2) is 0 Å². The minimum atomic E-state index is -0.0909. The first kappa shape index (κ1) is 19.7. The van der Waals surface area contributed by atoms with Crippen LogP contribution in [0.3, 0.4) is 0 Å². The molecule has 5 rings (SSSR count). The van der Waals surface area contributed by atoms with Gasteiger partial charge in [-0.2, -0.15) is 0 Å². The number of carbonyl (C=O) groups excluding carboxylic acids is 1. The minimum absolute atomic E-state index is 0.00609. The summed E-state index contributed by atoms with van der Waals surface area (Å²) >= 11 is 0. The maximum Gasteiger partial charge on any atom is 0.238 e. The van der Waals surface area contributed by atoms with Gasteiger partial charge in [-0.05, 0) is 56.2 Å². The number of carbonyl (C=O) groups is 1. The minimum Gasteiger partial charge on any atom is -0.492 e. The second kappa shape index (κ2) is 8.12. The molecule has 0 aliphatic carbocycles. The predicted octanol–water partition coefficient (Wildman–Crippen LogP) is 4.23. The number of amides is 1. The fourth-order valence-electron chi connectivity index (χ4n) is 4.81. The van der Waals surface area contributed by atoms with Gasteiger partial charge in [-0.3, -0.25) is 9.69 Å². The average Bonchev–Trinajstić information content (AvgIpc) is 3.29. The fourth-order valence-corrected chi connectivity index (χ4v) is 4.81. The number of nitrogens with one attached hydrogen (secondary N) is 2. The smallest absolute Gasteiger partial charge is 0.238 e. The molecule has 2 N–H and O–H groups in total. The normalized spacial score (nSPS) is 16.8. The van der Waals surface area contributed by atoms with E-state index in [-0.39, 0.29) is 11.4 Å². The Kier molecular flexibility index (Phi) is 5.16. The summed E-state index contributed by atoms with van der Waals surface area (Å²) in [5.74, 6) is 0.704. The van der Waals surface area contributed by atoms with Crippen molar-refractivity contribution >= 4 is 17.3 Å². The Morgan fingerprint density at radius 1 is 1.06 bits per heavy atom. The van der Waals surface area contributed by atoms with Crippen LogP contribution in [0.25, 0.3) is 5.69 Å². The van der Waals surface area contributed by atoms with Gasteiger partial charge in [0.1, 0.15) is 5.75 Å². The summed E-state index contributed by atoms with van der Waals surface area (Å²) in [6.45, 7) is 4.62. The summed E-state index contributed by atoms with van der Waals surface area (Å²) in [5, 5.41) is 6.84. The molecule has 2 aliphatic rings. The van der Waals surface area contributed by atoms with Gasteiger partial charge in [0.2, 0.25) is 5.91 Å². The molecule has 3 heterocycles. The van der Waals surface area contributed by atoms with Gasteiger partial charge in [-0.25, -0.2) is 0 Å². The van der Waals surface area contributed by atoms with Crippen molar-refractivity contribution in [1.82, 2.24) is 9.47 Å². The maximum atomic E-state index is 12.7. The maximum absolute atomic E-state index is 12.7. The van der Waals surface area contributed by atoms with Gasteiger partial charge >= 0.3 is 0 Å². The molecule has 160 valence electrons. The molecular weight excluding hydrogens is 388 g/mol. The van der Waals surface area contributed by atoms with E-state index in [0.29, 0.717) is 18.9 Å². The zero-order chi connectivity index (χ0) is 21.3. The lowest BCUT2D eigenvalue weighted by atomic mass is 9.82. The van der Waals surface area contributed by atoms with Crippen molar-refractivity contribution in [2.75, 3.05) is 36.9 Å². The molecule has 1 fully saturated rings. The SMILES string of the molecule is CCOc1ccccc1NC(=O)CN1CCC2(CC1)Nc1ccccc1-n1cccc12. The second-order valence-corrected chi connectivity index (χ2v) is 8.24. The summed E-state index contributed by atoms with van der Waals surface area (Å²) in [6, 6.07) is 20.4. The van der Waals surface area contributed by atoms with Crippen LogP contribution in [0.15, 0.2) is 66.9 Å². The highest BCUT2D eigenvalue weighted by Gasteiger charge is 2.41. The zero-order valence-electron chi connectivity index (χ0n) is 17.8. The molecule has 2 aromatic carbocycles. The highest BCUT2D eigenvalue weighted by molar-refractivity contribution is 5.93. The number of hydrogen-bond acceptors (Lipinski definition) is 4. The molecular formula is C25H28N4O2. The largest absolute Gasteiger partial charge is 0.492 e. The van der Waals surface area contributed by atoms with Gasteiger partial charge in [0.25, 0.3) is 0 Å². The number of fused-ring (bicyclic) bond motifs is 4. The molecule has 2 aliphatic heterocycles. The van der Waals surface area contributed by atoms with Gasteiger partial charge in [0, 0.05) is 25.0 Å². The monoisotopic (exact) mass is 416 g/mol. The fraction of sp³-hybridized carbons (Fsp3) is 0.320. The van der Waals surface area contributed by atoms with Crippen LogP contribution in [0.5, 0.6) is 5.75 Å².